The predicted octanol–water partition coefficient (Wildman–Crippen LogP) is 4.76. The Morgan fingerprint density at radius 1 is 1.08 bits per heavy atom. The third-order valence-electron chi connectivity index (χ3n) is 12.2. The van der Waals surface area contributed by atoms with E-state index in [1.54, 1.807) is 7.11 Å². The maximum atomic E-state index is 13.4. The fourth-order valence-electron chi connectivity index (χ4n) is 9.16. The molecule has 0 radical (unpaired) electrons. The van der Waals surface area contributed by atoms with Crippen molar-refractivity contribution >= 4 is 17.4 Å². The van der Waals surface area contributed by atoms with Crippen molar-refractivity contribution in [3.63, 3.8) is 0 Å². The molecule has 11 nitrogen and oxygen atoms in total. The molecule has 8 rings (SSSR count). The zero-order chi connectivity index (χ0) is 37.0. The summed E-state index contributed by atoms with van der Waals surface area (Å²) in [6, 6.07) is 18.7. The van der Waals surface area contributed by atoms with Crippen molar-refractivity contribution in [2.24, 2.45) is 11.8 Å². The molecule has 0 spiro atoms. The van der Waals surface area contributed by atoms with E-state index < -0.39 is 11.7 Å². The Balaban J connectivity index is 0.908. The molecule has 2 bridgehead atoms. The number of fused-ring (bicyclic) bond motifs is 4. The van der Waals surface area contributed by atoms with E-state index >= 15 is 0 Å². The number of aliphatic hydroxyl groups is 2. The molecule has 3 aromatic rings. The Hall–Kier alpha value is -4.00. The van der Waals surface area contributed by atoms with E-state index in [0.29, 0.717) is 54.7 Å². The predicted molar refractivity (Wildman–Crippen MR) is 200 cm³/mol. The lowest BCUT2D eigenvalue weighted by atomic mass is 9.80. The van der Waals surface area contributed by atoms with Crippen LogP contribution in [0.5, 0.6) is 17.2 Å². The third kappa shape index (κ3) is 8.39. The normalized spacial score (nSPS) is 24.2. The first-order chi connectivity index (χ1) is 25.6. The van der Waals surface area contributed by atoms with Crippen molar-refractivity contribution in [1.29, 1.82) is 0 Å². The largest absolute Gasteiger partial charge is 0.508 e. The van der Waals surface area contributed by atoms with Gasteiger partial charge in [0.25, 0.3) is 5.91 Å². The number of hydrogen-bond acceptors (Lipinski definition) is 9. The molecular formula is C42H54N3O8+. The third-order valence-corrected chi connectivity index (χ3v) is 12.2. The van der Waals surface area contributed by atoms with Crippen LogP contribution in [-0.2, 0) is 32.9 Å². The fourth-order valence-corrected chi connectivity index (χ4v) is 9.16. The molecule has 5 aliphatic rings. The molecule has 53 heavy (non-hydrogen) atoms. The molecule has 284 valence electrons. The van der Waals surface area contributed by atoms with Gasteiger partial charge in [-0.15, -0.1) is 0 Å². The average Bonchev–Trinajstić information content (AvgIpc) is 3.73. The maximum absolute atomic E-state index is 13.4. The van der Waals surface area contributed by atoms with Crippen molar-refractivity contribution in [3.05, 3.63) is 82.9 Å². The lowest BCUT2D eigenvalue weighted by molar-refractivity contribution is -0.946. The first-order valence-corrected chi connectivity index (χ1v) is 19.3. The van der Waals surface area contributed by atoms with E-state index in [1.165, 1.54) is 12.1 Å². The molecule has 4 aliphatic heterocycles. The number of ketones is 1. The monoisotopic (exact) mass is 728 g/mol. The molecule has 1 saturated carbocycles. The van der Waals surface area contributed by atoms with Gasteiger partial charge in [-0.25, -0.2) is 0 Å². The number of hydrogen-bond donors (Lipinski definition) is 5. The van der Waals surface area contributed by atoms with E-state index in [1.807, 2.05) is 48.5 Å². The SMILES string of the molecule is COc1cc(CC(=O)CC[N+]23CCC(CC2)[C@@H](OC[C@@](O)(c2ccccc2)C2CCCC2)C3)ccc1CNC[C@H](O)c1cc(O)cc2c1OCC(=O)N2. The van der Waals surface area contributed by atoms with Crippen LogP contribution in [-0.4, -0.2) is 90.6 Å². The Bertz CT molecular complexity index is 1750. The summed E-state index contributed by atoms with van der Waals surface area (Å²) in [7, 11) is 1.60. The van der Waals surface area contributed by atoms with Gasteiger partial charge in [0.15, 0.2) is 6.61 Å². The smallest absolute Gasteiger partial charge is 0.262 e. The number of phenolic OH excluding ortho intramolecular Hbond substituents is 1. The van der Waals surface area contributed by atoms with Gasteiger partial charge in [-0.05, 0) is 42.0 Å². The van der Waals surface area contributed by atoms with Gasteiger partial charge < -0.3 is 44.6 Å². The zero-order valence-corrected chi connectivity index (χ0v) is 30.7. The molecule has 3 aromatic carbocycles. The molecule has 3 saturated heterocycles. The highest BCUT2D eigenvalue weighted by Gasteiger charge is 2.48. The van der Waals surface area contributed by atoms with Gasteiger partial charge >= 0.3 is 0 Å². The molecule has 1 amide bonds. The summed E-state index contributed by atoms with van der Waals surface area (Å²) in [4.78, 5) is 25.1. The highest BCUT2D eigenvalue weighted by atomic mass is 16.5. The van der Waals surface area contributed by atoms with Crippen molar-refractivity contribution < 1.29 is 43.6 Å². The number of aromatic hydroxyl groups is 1. The van der Waals surface area contributed by atoms with Crippen LogP contribution >= 0.6 is 0 Å². The summed E-state index contributed by atoms with van der Waals surface area (Å²) < 4.78 is 18.8. The summed E-state index contributed by atoms with van der Waals surface area (Å²) >= 11 is 0. The summed E-state index contributed by atoms with van der Waals surface area (Å²) in [5.41, 5.74) is 2.47. The number of Topliss-reactive ketones (excluding diaryl/α,β-unsaturated/α-hetero) is 1. The van der Waals surface area contributed by atoms with Gasteiger partial charge in [-0.3, -0.25) is 9.59 Å². The number of methoxy groups -OCH3 is 1. The summed E-state index contributed by atoms with van der Waals surface area (Å²) in [5.74, 6) is 1.52. The molecule has 0 aromatic heterocycles. The Morgan fingerprint density at radius 3 is 2.60 bits per heavy atom. The number of nitrogens with one attached hydrogen (secondary N) is 2. The van der Waals surface area contributed by atoms with Gasteiger partial charge in [-0.2, -0.15) is 0 Å². The van der Waals surface area contributed by atoms with E-state index in [9.17, 15) is 24.9 Å². The highest BCUT2D eigenvalue weighted by molar-refractivity contribution is 5.96. The van der Waals surface area contributed by atoms with Gasteiger partial charge in [0, 0.05) is 55.5 Å². The second-order valence-electron chi connectivity index (χ2n) is 15.7. The number of nitrogens with zero attached hydrogens (tertiary/aromatic N) is 1. The molecule has 4 fully saturated rings. The van der Waals surface area contributed by atoms with Crippen LogP contribution in [0.4, 0.5) is 5.69 Å². The van der Waals surface area contributed by atoms with Gasteiger partial charge in [0.05, 0.1) is 51.6 Å². The lowest BCUT2D eigenvalue weighted by Gasteiger charge is -2.53. The Kier molecular flexibility index (Phi) is 11.4. The van der Waals surface area contributed by atoms with E-state index in [4.69, 9.17) is 14.2 Å². The minimum Gasteiger partial charge on any atom is -0.508 e. The van der Waals surface area contributed by atoms with Crippen LogP contribution in [0.25, 0.3) is 0 Å². The van der Waals surface area contributed by atoms with Crippen molar-refractivity contribution in [2.45, 2.75) is 75.7 Å². The molecule has 4 heterocycles. The maximum Gasteiger partial charge on any atom is 0.262 e. The number of amides is 1. The Morgan fingerprint density at radius 2 is 1.85 bits per heavy atom. The van der Waals surface area contributed by atoms with E-state index in [-0.39, 0.29) is 42.6 Å². The Labute approximate surface area is 311 Å². The number of carbonyl (C=O) groups excluding carboxylic acids is 2. The molecule has 0 unspecified atom stereocenters. The summed E-state index contributed by atoms with van der Waals surface area (Å²) in [5, 5.41) is 39.0. The minimum absolute atomic E-state index is 0.0825. The second kappa shape index (κ2) is 16.2. The lowest BCUT2D eigenvalue weighted by Crippen LogP contribution is -2.65. The number of carbonyl (C=O) groups is 2. The van der Waals surface area contributed by atoms with Crippen LogP contribution in [0.15, 0.2) is 60.7 Å². The number of benzene rings is 3. The van der Waals surface area contributed by atoms with Crippen molar-refractivity contribution in [2.75, 3.05) is 58.4 Å². The first-order valence-electron chi connectivity index (χ1n) is 19.3. The van der Waals surface area contributed by atoms with Crippen molar-refractivity contribution in [3.8, 4) is 17.2 Å². The number of aliphatic hydroxyl groups excluding tert-OH is 1. The molecule has 5 N–H and O–H groups in total. The van der Waals surface area contributed by atoms with E-state index in [2.05, 4.69) is 10.6 Å². The number of phenols is 1. The minimum atomic E-state index is -0.998. The van der Waals surface area contributed by atoms with Crippen molar-refractivity contribution in [1.82, 2.24) is 5.32 Å². The fraction of sp³-hybridized carbons (Fsp3) is 0.524. The summed E-state index contributed by atoms with van der Waals surface area (Å²) in [6.45, 7) is 4.58. The van der Waals surface area contributed by atoms with Crippen LogP contribution in [0.3, 0.4) is 0 Å². The number of rotatable bonds is 16. The molecule has 3 atom stereocenters. The standard InChI is InChI=1S/C42H53N3O8/c1-51-38-20-28(11-12-30(38)23-43-24-37(48)35-21-34(47)22-36-41(35)52-26-40(49)44-36)19-33(46)15-18-45-16-13-29(14-17-45)39(25-45)53-27-42(50,32-9-5-6-10-32)31-7-3-2-4-8-31/h2-4,7-8,11-12,20-22,29,32,37,39,43,48,50H,5-6,9-10,13-19,23-27H2,1H3,(H-,44,47,49)/p+1/t29?,37-,39-,42+,45?/m0/s1. The zero-order valence-electron chi connectivity index (χ0n) is 30.7. The topological polar surface area (TPSA) is 147 Å². The number of anilines is 1. The molecule has 11 heteroatoms. The van der Waals surface area contributed by atoms with Crippen LogP contribution < -0.4 is 20.1 Å². The molecular weight excluding hydrogens is 674 g/mol. The summed E-state index contributed by atoms with van der Waals surface area (Å²) in [6.07, 6.45) is 6.49. The van der Waals surface area contributed by atoms with Crippen LogP contribution in [0.1, 0.15) is 73.3 Å². The van der Waals surface area contributed by atoms with E-state index in [0.717, 1.165) is 85.9 Å². The number of piperidine rings is 3. The van der Waals surface area contributed by atoms with Gasteiger partial charge in [-0.1, -0.05) is 55.3 Å². The van der Waals surface area contributed by atoms with Crippen LogP contribution in [0.2, 0.25) is 0 Å². The van der Waals surface area contributed by atoms with Gasteiger partial charge in [0.2, 0.25) is 0 Å². The second-order valence-corrected chi connectivity index (χ2v) is 15.7. The van der Waals surface area contributed by atoms with Crippen LogP contribution in [0, 0.1) is 11.8 Å². The molecule has 1 aliphatic carbocycles. The quantitative estimate of drug-likeness (QED) is 0.132. The van der Waals surface area contributed by atoms with Gasteiger partial charge in [0.1, 0.15) is 41.3 Å². The highest BCUT2D eigenvalue weighted by Crippen LogP contribution is 2.43. The number of quaternary nitrogens is 1. The number of ether oxygens (including phenoxy) is 3. The first kappa shape index (κ1) is 37.3. The average molecular weight is 729 g/mol.